The molecule has 0 radical (unpaired) electrons. The molecule has 1 atom stereocenters. The molecule has 0 fully saturated rings. The molecule has 3 heteroatoms. The van der Waals surface area contributed by atoms with Crippen molar-refractivity contribution in [2.75, 3.05) is 6.61 Å². The Morgan fingerprint density at radius 3 is 2.60 bits per heavy atom. The SMILES string of the molecule is CCOc1ccc(Br)cc1C(N)C(C)C. The van der Waals surface area contributed by atoms with E-state index in [4.69, 9.17) is 10.5 Å². The summed E-state index contributed by atoms with van der Waals surface area (Å²) in [6.07, 6.45) is 0. The number of rotatable bonds is 4. The van der Waals surface area contributed by atoms with E-state index in [2.05, 4.69) is 29.8 Å². The van der Waals surface area contributed by atoms with Crippen LogP contribution in [-0.2, 0) is 0 Å². The van der Waals surface area contributed by atoms with Gasteiger partial charge in [-0.15, -0.1) is 0 Å². The number of halogens is 1. The Hall–Kier alpha value is -0.540. The van der Waals surface area contributed by atoms with Gasteiger partial charge in [0.25, 0.3) is 0 Å². The molecular formula is C12H18BrNO. The quantitative estimate of drug-likeness (QED) is 0.910. The molecule has 2 nitrogen and oxygen atoms in total. The second-order valence-electron chi connectivity index (χ2n) is 3.88. The molecule has 0 heterocycles. The number of hydrogen-bond acceptors (Lipinski definition) is 2. The lowest BCUT2D eigenvalue weighted by molar-refractivity contribution is 0.330. The van der Waals surface area contributed by atoms with Crippen molar-refractivity contribution in [2.45, 2.75) is 26.8 Å². The van der Waals surface area contributed by atoms with Crippen molar-refractivity contribution in [3.63, 3.8) is 0 Å². The maximum absolute atomic E-state index is 6.14. The fourth-order valence-electron chi connectivity index (χ4n) is 1.43. The Morgan fingerprint density at radius 2 is 2.07 bits per heavy atom. The van der Waals surface area contributed by atoms with E-state index in [1.807, 2.05) is 25.1 Å². The zero-order valence-corrected chi connectivity index (χ0v) is 11.0. The lowest BCUT2D eigenvalue weighted by atomic mass is 9.96. The Balaban J connectivity index is 3.06. The zero-order valence-electron chi connectivity index (χ0n) is 9.46. The zero-order chi connectivity index (χ0) is 11.4. The Labute approximate surface area is 99.9 Å². The Bertz CT molecular complexity index is 325. The standard InChI is InChI=1S/C12H18BrNO/c1-4-15-11-6-5-9(13)7-10(11)12(14)8(2)3/h5-8,12H,4,14H2,1-3H3. The Kier molecular flexibility index (Phi) is 4.61. The first kappa shape index (κ1) is 12.5. The minimum Gasteiger partial charge on any atom is -0.494 e. The molecule has 0 saturated heterocycles. The van der Waals surface area contributed by atoms with E-state index >= 15 is 0 Å². The average Bonchev–Trinajstić information content (AvgIpc) is 2.20. The van der Waals surface area contributed by atoms with Crippen molar-refractivity contribution in [2.24, 2.45) is 11.7 Å². The van der Waals surface area contributed by atoms with Gasteiger partial charge in [0.15, 0.2) is 0 Å². The highest BCUT2D eigenvalue weighted by Crippen LogP contribution is 2.30. The lowest BCUT2D eigenvalue weighted by Crippen LogP contribution is -2.17. The summed E-state index contributed by atoms with van der Waals surface area (Å²) in [6, 6.07) is 5.99. The van der Waals surface area contributed by atoms with Crippen LogP contribution < -0.4 is 10.5 Å². The molecule has 0 spiro atoms. The van der Waals surface area contributed by atoms with Gasteiger partial charge in [-0.05, 0) is 31.0 Å². The van der Waals surface area contributed by atoms with Crippen molar-refractivity contribution in [3.8, 4) is 5.75 Å². The van der Waals surface area contributed by atoms with E-state index < -0.39 is 0 Å². The molecule has 0 aromatic heterocycles. The third-order valence-electron chi connectivity index (χ3n) is 2.35. The molecule has 0 aliphatic heterocycles. The summed E-state index contributed by atoms with van der Waals surface area (Å²) in [4.78, 5) is 0. The van der Waals surface area contributed by atoms with Crippen molar-refractivity contribution < 1.29 is 4.74 Å². The number of nitrogens with two attached hydrogens (primary N) is 1. The topological polar surface area (TPSA) is 35.2 Å². The first-order chi connectivity index (χ1) is 7.06. The van der Waals surface area contributed by atoms with Crippen LogP contribution >= 0.6 is 15.9 Å². The fourth-order valence-corrected chi connectivity index (χ4v) is 1.80. The molecule has 0 aliphatic carbocycles. The van der Waals surface area contributed by atoms with Gasteiger partial charge in [0, 0.05) is 16.1 Å². The molecule has 2 N–H and O–H groups in total. The van der Waals surface area contributed by atoms with Crippen LogP contribution in [0.1, 0.15) is 32.4 Å². The van der Waals surface area contributed by atoms with Crippen LogP contribution in [0.3, 0.4) is 0 Å². The summed E-state index contributed by atoms with van der Waals surface area (Å²) in [5.41, 5.74) is 7.21. The van der Waals surface area contributed by atoms with Crippen molar-refractivity contribution >= 4 is 15.9 Å². The Morgan fingerprint density at radius 1 is 1.40 bits per heavy atom. The lowest BCUT2D eigenvalue weighted by Gasteiger charge is -2.19. The maximum atomic E-state index is 6.14. The van der Waals surface area contributed by atoms with Gasteiger partial charge in [-0.25, -0.2) is 0 Å². The molecule has 1 aromatic rings. The normalized spacial score (nSPS) is 12.9. The predicted molar refractivity (Wildman–Crippen MR) is 67.1 cm³/mol. The average molecular weight is 272 g/mol. The molecule has 1 rings (SSSR count). The van der Waals surface area contributed by atoms with Crippen LogP contribution in [0.2, 0.25) is 0 Å². The second kappa shape index (κ2) is 5.52. The summed E-state index contributed by atoms with van der Waals surface area (Å²) >= 11 is 3.45. The van der Waals surface area contributed by atoms with Gasteiger partial charge in [0.2, 0.25) is 0 Å². The molecule has 0 saturated carbocycles. The molecule has 1 unspecified atom stereocenters. The first-order valence-electron chi connectivity index (χ1n) is 5.24. The van der Waals surface area contributed by atoms with Crippen LogP contribution in [0, 0.1) is 5.92 Å². The largest absolute Gasteiger partial charge is 0.494 e. The minimum absolute atomic E-state index is 0.0176. The van der Waals surface area contributed by atoms with Gasteiger partial charge >= 0.3 is 0 Å². The maximum Gasteiger partial charge on any atom is 0.124 e. The molecule has 0 aliphatic rings. The van der Waals surface area contributed by atoms with E-state index in [0.29, 0.717) is 12.5 Å². The van der Waals surface area contributed by atoms with Gasteiger partial charge < -0.3 is 10.5 Å². The first-order valence-corrected chi connectivity index (χ1v) is 6.03. The summed E-state index contributed by atoms with van der Waals surface area (Å²) in [7, 11) is 0. The highest BCUT2D eigenvalue weighted by Gasteiger charge is 2.15. The van der Waals surface area contributed by atoms with E-state index in [1.54, 1.807) is 0 Å². The fraction of sp³-hybridized carbons (Fsp3) is 0.500. The summed E-state index contributed by atoms with van der Waals surface area (Å²) in [6.45, 7) is 6.87. The van der Waals surface area contributed by atoms with Crippen LogP contribution in [0.5, 0.6) is 5.75 Å². The summed E-state index contributed by atoms with van der Waals surface area (Å²) in [5, 5.41) is 0. The number of ether oxygens (including phenoxy) is 1. The molecule has 84 valence electrons. The van der Waals surface area contributed by atoms with Crippen LogP contribution in [0.4, 0.5) is 0 Å². The molecule has 0 amide bonds. The van der Waals surface area contributed by atoms with Crippen LogP contribution in [0.15, 0.2) is 22.7 Å². The number of hydrogen-bond donors (Lipinski definition) is 1. The van der Waals surface area contributed by atoms with Crippen LogP contribution in [-0.4, -0.2) is 6.61 Å². The van der Waals surface area contributed by atoms with E-state index in [9.17, 15) is 0 Å². The monoisotopic (exact) mass is 271 g/mol. The third kappa shape index (κ3) is 3.21. The highest BCUT2D eigenvalue weighted by molar-refractivity contribution is 9.10. The molecular weight excluding hydrogens is 254 g/mol. The van der Waals surface area contributed by atoms with Gasteiger partial charge in [-0.1, -0.05) is 29.8 Å². The van der Waals surface area contributed by atoms with Crippen LogP contribution in [0.25, 0.3) is 0 Å². The summed E-state index contributed by atoms with van der Waals surface area (Å²) in [5.74, 6) is 1.29. The molecule has 15 heavy (non-hydrogen) atoms. The second-order valence-corrected chi connectivity index (χ2v) is 4.80. The minimum atomic E-state index is 0.0176. The van der Waals surface area contributed by atoms with Crippen molar-refractivity contribution in [3.05, 3.63) is 28.2 Å². The molecule has 1 aromatic carbocycles. The van der Waals surface area contributed by atoms with Gasteiger partial charge in [-0.2, -0.15) is 0 Å². The summed E-state index contributed by atoms with van der Waals surface area (Å²) < 4.78 is 6.60. The molecule has 0 bridgehead atoms. The highest BCUT2D eigenvalue weighted by atomic mass is 79.9. The third-order valence-corrected chi connectivity index (χ3v) is 2.84. The number of benzene rings is 1. The predicted octanol–water partition coefficient (Wildman–Crippen LogP) is 3.50. The van der Waals surface area contributed by atoms with Gasteiger partial charge in [0.1, 0.15) is 5.75 Å². The van der Waals surface area contributed by atoms with E-state index in [-0.39, 0.29) is 6.04 Å². The smallest absolute Gasteiger partial charge is 0.124 e. The van der Waals surface area contributed by atoms with Gasteiger partial charge in [-0.3, -0.25) is 0 Å². The van der Waals surface area contributed by atoms with Crippen molar-refractivity contribution in [1.82, 2.24) is 0 Å². The van der Waals surface area contributed by atoms with E-state index in [0.717, 1.165) is 15.8 Å². The van der Waals surface area contributed by atoms with E-state index in [1.165, 1.54) is 0 Å². The van der Waals surface area contributed by atoms with Crippen molar-refractivity contribution in [1.29, 1.82) is 0 Å². The van der Waals surface area contributed by atoms with Gasteiger partial charge in [0.05, 0.1) is 6.61 Å².